The molecule has 232 valence electrons. The SMILES string of the molecule is COC(C#N)(COP(=O)(N[C@@H](C)C(=O)OCC1CCCCC1)Oc1ccccc1)[C@@H](O)[C@@H](O)c1ccc2c(N)ncnn12. The highest BCUT2D eigenvalue weighted by atomic mass is 31.2. The predicted molar refractivity (Wildman–Crippen MR) is 154 cm³/mol. The van der Waals surface area contributed by atoms with Crippen LogP contribution in [0.2, 0.25) is 0 Å². The van der Waals surface area contributed by atoms with Crippen LogP contribution in [0.5, 0.6) is 5.75 Å². The molecule has 0 radical (unpaired) electrons. The summed E-state index contributed by atoms with van der Waals surface area (Å²) >= 11 is 0. The van der Waals surface area contributed by atoms with Crippen LogP contribution in [0.3, 0.4) is 0 Å². The number of fused-ring (bicyclic) bond motifs is 1. The Labute approximate surface area is 249 Å². The minimum absolute atomic E-state index is 0.0875. The number of carbonyl (C=O) groups excluding carboxylic acids is 1. The van der Waals surface area contributed by atoms with E-state index in [2.05, 4.69) is 15.2 Å². The van der Waals surface area contributed by atoms with Gasteiger partial charge in [0.25, 0.3) is 0 Å². The van der Waals surface area contributed by atoms with Crippen LogP contribution < -0.4 is 15.3 Å². The van der Waals surface area contributed by atoms with E-state index in [0.29, 0.717) is 5.52 Å². The van der Waals surface area contributed by atoms with Crippen LogP contribution in [0, 0.1) is 17.2 Å². The molecule has 1 aliphatic carbocycles. The fourth-order valence-electron chi connectivity index (χ4n) is 4.88. The van der Waals surface area contributed by atoms with Gasteiger partial charge in [0.05, 0.1) is 12.3 Å². The summed E-state index contributed by atoms with van der Waals surface area (Å²) in [5, 5.41) is 39.0. The highest BCUT2D eigenvalue weighted by molar-refractivity contribution is 7.52. The Morgan fingerprint density at radius 2 is 1.95 bits per heavy atom. The van der Waals surface area contributed by atoms with Gasteiger partial charge in [0, 0.05) is 7.11 Å². The van der Waals surface area contributed by atoms with Crippen LogP contribution in [-0.2, 0) is 23.4 Å². The highest BCUT2D eigenvalue weighted by Crippen LogP contribution is 2.46. The summed E-state index contributed by atoms with van der Waals surface area (Å²) < 4.78 is 37.4. The average molecular weight is 617 g/mol. The van der Waals surface area contributed by atoms with E-state index in [1.54, 1.807) is 24.3 Å². The molecule has 1 aliphatic rings. The number of carbonyl (C=O) groups is 1. The maximum atomic E-state index is 14.0. The molecular formula is C28H37N6O8P. The minimum atomic E-state index is -4.42. The van der Waals surface area contributed by atoms with Crippen LogP contribution in [0.1, 0.15) is 50.8 Å². The zero-order valence-electron chi connectivity index (χ0n) is 24.0. The molecule has 1 fully saturated rings. The van der Waals surface area contributed by atoms with Crippen LogP contribution in [0.4, 0.5) is 5.82 Å². The Bertz CT molecular complexity index is 1460. The molecule has 5 N–H and O–H groups in total. The molecule has 2 heterocycles. The van der Waals surface area contributed by atoms with Crippen molar-refractivity contribution < 1.29 is 38.1 Å². The molecule has 5 atom stereocenters. The third-order valence-corrected chi connectivity index (χ3v) is 9.08. The van der Waals surface area contributed by atoms with Gasteiger partial charge >= 0.3 is 13.7 Å². The van der Waals surface area contributed by atoms with Gasteiger partial charge in [-0.15, -0.1) is 0 Å². The number of aliphatic hydroxyl groups is 2. The Balaban J connectivity index is 1.51. The van der Waals surface area contributed by atoms with Crippen LogP contribution in [0.15, 0.2) is 48.8 Å². The Morgan fingerprint density at radius 1 is 1.23 bits per heavy atom. The van der Waals surface area contributed by atoms with Crippen LogP contribution in [-0.4, -0.2) is 68.9 Å². The second-order valence-corrected chi connectivity index (χ2v) is 12.1. The summed E-state index contributed by atoms with van der Waals surface area (Å²) in [5.74, 6) is -0.0826. The number of anilines is 1. The summed E-state index contributed by atoms with van der Waals surface area (Å²) in [7, 11) is -3.30. The third kappa shape index (κ3) is 7.69. The molecule has 2 unspecified atom stereocenters. The van der Waals surface area contributed by atoms with E-state index in [4.69, 9.17) is 24.3 Å². The number of nitrogens with zero attached hydrogens (tertiary/aromatic N) is 4. The molecule has 4 rings (SSSR count). The van der Waals surface area contributed by atoms with E-state index in [-0.39, 0.29) is 29.8 Å². The van der Waals surface area contributed by atoms with Gasteiger partial charge in [0.1, 0.15) is 48.5 Å². The number of benzene rings is 1. The number of nitrogen functional groups attached to an aromatic ring is 1. The molecule has 3 aromatic rings. The Kier molecular flexibility index (Phi) is 10.7. The zero-order chi connectivity index (χ0) is 31.0. The second-order valence-electron chi connectivity index (χ2n) is 10.5. The number of aromatic nitrogens is 3. The largest absolute Gasteiger partial charge is 0.464 e. The average Bonchev–Trinajstić information content (AvgIpc) is 3.46. The van der Waals surface area contributed by atoms with E-state index in [0.717, 1.165) is 32.8 Å². The number of rotatable bonds is 14. The lowest BCUT2D eigenvalue weighted by Gasteiger charge is -2.34. The van der Waals surface area contributed by atoms with E-state index >= 15 is 0 Å². The molecule has 43 heavy (non-hydrogen) atoms. The van der Waals surface area contributed by atoms with Crippen molar-refractivity contribution in [1.29, 1.82) is 5.26 Å². The fraction of sp³-hybridized carbons (Fsp3) is 0.500. The number of nitrogens with one attached hydrogen (secondary N) is 1. The van der Waals surface area contributed by atoms with Gasteiger partial charge in [-0.2, -0.15) is 15.4 Å². The van der Waals surface area contributed by atoms with E-state index < -0.39 is 44.2 Å². The smallest absolute Gasteiger partial charge is 0.459 e. The number of nitriles is 1. The van der Waals surface area contributed by atoms with Crippen molar-refractivity contribution in [2.24, 2.45) is 5.92 Å². The highest BCUT2D eigenvalue weighted by Gasteiger charge is 2.47. The molecule has 2 aromatic heterocycles. The maximum Gasteiger partial charge on any atom is 0.459 e. The van der Waals surface area contributed by atoms with Gasteiger partial charge in [-0.1, -0.05) is 37.5 Å². The van der Waals surface area contributed by atoms with Crippen molar-refractivity contribution in [2.45, 2.75) is 62.9 Å². The van der Waals surface area contributed by atoms with Crippen molar-refractivity contribution in [3.8, 4) is 11.8 Å². The lowest BCUT2D eigenvalue weighted by atomic mass is 9.90. The minimum Gasteiger partial charge on any atom is -0.464 e. The summed E-state index contributed by atoms with van der Waals surface area (Å²) in [5.41, 5.74) is 4.07. The van der Waals surface area contributed by atoms with Gasteiger partial charge in [-0.25, -0.2) is 14.1 Å². The predicted octanol–water partition coefficient (Wildman–Crippen LogP) is 2.92. The van der Waals surface area contributed by atoms with Gasteiger partial charge in [-0.3, -0.25) is 9.32 Å². The van der Waals surface area contributed by atoms with E-state index in [1.807, 2.05) is 6.07 Å². The molecule has 0 saturated heterocycles. The maximum absolute atomic E-state index is 14.0. The summed E-state index contributed by atoms with van der Waals surface area (Å²) in [6, 6.07) is 11.8. The van der Waals surface area contributed by atoms with Crippen molar-refractivity contribution in [2.75, 3.05) is 26.1 Å². The summed E-state index contributed by atoms with van der Waals surface area (Å²) in [6.45, 7) is 0.872. The first-order valence-corrected chi connectivity index (χ1v) is 15.5. The number of aliphatic hydroxyl groups excluding tert-OH is 2. The lowest BCUT2D eigenvalue weighted by Crippen LogP contribution is -2.50. The molecule has 15 heteroatoms. The van der Waals surface area contributed by atoms with Crippen LogP contribution >= 0.6 is 7.75 Å². The number of ether oxygens (including phenoxy) is 2. The lowest BCUT2D eigenvalue weighted by molar-refractivity contribution is -0.147. The van der Waals surface area contributed by atoms with E-state index in [1.165, 1.54) is 42.4 Å². The van der Waals surface area contributed by atoms with Gasteiger partial charge in [0.2, 0.25) is 5.60 Å². The van der Waals surface area contributed by atoms with Gasteiger partial charge < -0.3 is 29.9 Å². The first kappa shape index (κ1) is 32.3. The number of methoxy groups -OCH3 is 1. The third-order valence-electron chi connectivity index (χ3n) is 7.45. The molecule has 0 spiro atoms. The van der Waals surface area contributed by atoms with Crippen molar-refractivity contribution >= 4 is 25.1 Å². The Morgan fingerprint density at radius 3 is 2.63 bits per heavy atom. The summed E-state index contributed by atoms with van der Waals surface area (Å²) in [4.78, 5) is 16.7. The molecule has 0 aliphatic heterocycles. The topological polar surface area (TPSA) is 204 Å². The van der Waals surface area contributed by atoms with Crippen molar-refractivity contribution in [3.63, 3.8) is 0 Å². The first-order chi connectivity index (χ1) is 20.6. The van der Waals surface area contributed by atoms with Gasteiger partial charge in [-0.05, 0) is 49.9 Å². The fourth-order valence-corrected chi connectivity index (χ4v) is 6.40. The Hall–Kier alpha value is -3.57. The molecule has 1 aromatic carbocycles. The normalized spacial score (nSPS) is 19.0. The number of nitrogens with two attached hydrogens (primary N) is 1. The number of hydrogen-bond donors (Lipinski definition) is 4. The molecular weight excluding hydrogens is 579 g/mol. The molecule has 0 bridgehead atoms. The molecule has 14 nitrogen and oxygen atoms in total. The standard InChI is InChI=1S/C28H37N6O8P/c1-19(27(37)40-15-20-9-5-3-6-10-20)33-43(38,42-21-11-7-4-8-12-21)41-17-28(16-29,39-2)25(36)24(35)22-13-14-23-26(30)31-18-32-34(22)23/h4,7-8,11-14,18-20,24-25,35-36H,3,5-6,9-10,15,17H2,1-2H3,(H,33,38)(H2,30,31,32)/t19-,24-,25-,28?,43?/m0/s1. The second kappa shape index (κ2) is 14.3. The van der Waals surface area contributed by atoms with Gasteiger partial charge in [0.15, 0.2) is 5.82 Å². The number of esters is 1. The zero-order valence-corrected chi connectivity index (χ0v) is 24.9. The quantitative estimate of drug-likeness (QED) is 0.152. The monoisotopic (exact) mass is 616 g/mol. The molecule has 0 amide bonds. The number of hydrogen-bond acceptors (Lipinski definition) is 12. The van der Waals surface area contributed by atoms with Crippen molar-refractivity contribution in [1.82, 2.24) is 19.7 Å². The van der Waals surface area contributed by atoms with Crippen molar-refractivity contribution in [3.05, 3.63) is 54.5 Å². The van der Waals surface area contributed by atoms with Crippen LogP contribution in [0.25, 0.3) is 5.52 Å². The van der Waals surface area contributed by atoms with E-state index in [9.17, 15) is 24.8 Å². The first-order valence-electron chi connectivity index (χ1n) is 14.0. The number of para-hydroxylation sites is 1. The molecule has 1 saturated carbocycles. The summed E-state index contributed by atoms with van der Waals surface area (Å²) in [6.07, 6.45) is 2.83.